The van der Waals surface area contributed by atoms with Crippen molar-refractivity contribution in [2.24, 2.45) is 14.1 Å². The number of aromatic amines is 15. The van der Waals surface area contributed by atoms with E-state index in [0.717, 1.165) is 59.9 Å². The molecule has 15 aromatic heterocycles. The van der Waals surface area contributed by atoms with Gasteiger partial charge in [0.1, 0.15) is 40.5 Å². The zero-order chi connectivity index (χ0) is 78.0. The number of carbonyl (C=O) groups excluding carboxylic acids is 5. The van der Waals surface area contributed by atoms with Gasteiger partial charge in [0.2, 0.25) is 5.88 Å². The van der Waals surface area contributed by atoms with Gasteiger partial charge in [0, 0.05) is 72.2 Å². The summed E-state index contributed by atoms with van der Waals surface area (Å²) in [6.45, 7) is 6.34. The number of hydrazine groups is 1. The molecule has 0 saturated heterocycles. The van der Waals surface area contributed by atoms with Crippen molar-refractivity contribution in [1.82, 2.24) is 181 Å². The van der Waals surface area contributed by atoms with Crippen molar-refractivity contribution in [2.45, 2.75) is 32.7 Å². The van der Waals surface area contributed by atoms with Crippen LogP contribution in [0.25, 0.3) is 55.6 Å². The number of anilines is 1. The average molecular weight is 1510 g/mol. The first-order valence-corrected chi connectivity index (χ1v) is 32.6. The van der Waals surface area contributed by atoms with Crippen molar-refractivity contribution in [3.8, 4) is 5.88 Å². The summed E-state index contributed by atoms with van der Waals surface area (Å²) < 4.78 is 7.52. The second-order valence-electron chi connectivity index (χ2n) is 23.1. The second kappa shape index (κ2) is 34.7. The molecule has 15 aromatic rings. The third-order valence-electron chi connectivity index (χ3n) is 15.7. The molecule has 20 N–H and O–H groups in total. The van der Waals surface area contributed by atoms with Crippen LogP contribution >= 0.6 is 0 Å². The number of carbonyl (C=O) groups is 5. The maximum Gasteiger partial charge on any atom is 0.329 e. The molecule has 50 nitrogen and oxygen atoms in total. The Hall–Kier alpha value is -15.7. The minimum absolute atomic E-state index is 0.0567. The van der Waals surface area contributed by atoms with Gasteiger partial charge >= 0.3 is 5.69 Å². The molecule has 0 unspecified atom stereocenters. The van der Waals surface area contributed by atoms with Crippen molar-refractivity contribution in [3.05, 3.63) is 200 Å². The second-order valence-corrected chi connectivity index (χ2v) is 23.1. The van der Waals surface area contributed by atoms with Crippen LogP contribution < -0.4 is 75.4 Å². The fourth-order valence-corrected chi connectivity index (χ4v) is 10.3. The Morgan fingerprint density at radius 2 is 1.01 bits per heavy atom. The van der Waals surface area contributed by atoms with Crippen molar-refractivity contribution < 1.29 is 28.7 Å². The van der Waals surface area contributed by atoms with Crippen LogP contribution in [0.3, 0.4) is 0 Å². The molecule has 0 aromatic carbocycles. The number of amides is 5. The van der Waals surface area contributed by atoms with E-state index in [2.05, 4.69) is 167 Å². The smallest absolute Gasteiger partial charge is 0.329 e. The van der Waals surface area contributed by atoms with Gasteiger partial charge in [-0.25, -0.2) is 74.7 Å². The molecule has 5 aliphatic heterocycles. The normalized spacial score (nSPS) is 13.7. The highest BCUT2D eigenvalue weighted by atomic mass is 16.5. The summed E-state index contributed by atoms with van der Waals surface area (Å²) in [6, 6.07) is 0. The van der Waals surface area contributed by atoms with Gasteiger partial charge in [-0.05, 0) is 19.8 Å². The Balaban J connectivity index is 0.000000121. The zero-order valence-corrected chi connectivity index (χ0v) is 58.4. The number of fused-ring (bicyclic) bond motifs is 10. The molecule has 0 atom stereocenters. The predicted octanol–water partition coefficient (Wildman–Crippen LogP) is -4.45. The number of hydrogen-bond donors (Lipinski definition) is 20. The molecule has 50 heteroatoms. The van der Waals surface area contributed by atoms with Gasteiger partial charge < -0.3 is 90.7 Å². The van der Waals surface area contributed by atoms with Crippen molar-refractivity contribution >= 4 is 90.9 Å². The van der Waals surface area contributed by atoms with E-state index in [4.69, 9.17) is 4.74 Å². The summed E-state index contributed by atoms with van der Waals surface area (Å²) in [4.78, 5) is 216. The topological polar surface area (TPSA) is 695 Å². The number of H-pyrrole nitrogens is 15. The fraction of sp³-hybridized carbons (Fsp3) is 0.250. The standard InChI is InChI=1S/C7H10N4O.C7H9N3O.2C6H6N4O2.C6H8N4O.C6H6N4O.C6H7N3O2.C6H7N3O.2C5H4N4O/c1-11-3-2-8-7(12)5-6(11)10-4-9-5;11-7-6-5(9-4-10-6)2-1-3-8-7;1-10-4-3(7-2-8-4)5(11)9-6(10)12;1-10-6(12)4-3(5(11)9-10)7-2-8-4;1-10-2-4-5(6(11)9-10)8-3-7-4;1-3-9-5-4(6(11)10-3)7-2-8-5;10-5-4-6(9-3-8-4)11-2-1-7-5;10-6-5-4(1-2-7-6)8-3-9-5;10-5-3-4(7-1-6-3)8-2-9-5;10-5-4-3(1-8-9-5)6-2-7-4/h4H,2-3H2,1H3,(H,8,12)(H,9,10);4H,1-3H2,(H,8,11)(H,9,10);2H,1H3,(H,7,8)(H,9,11,12);2H,1H3,(H,7,8)(H,9,11);3H,2H2,1H3,(H,7,8)(H,9,11);2H,1H3,(H2,7,8,9,10,11);3H,1-2H2,(H,7,10)(H,8,9);3H,1-2H2,(H,7,10)(H,8,9);1-2H,(H2,6,7,8,9,10);1-2H,(H,6,7)(H,9,10). The molecule has 20 rings (SSSR count). The number of nitrogens with one attached hydrogen (secondary N) is 20. The number of ether oxygens (including phenoxy) is 1. The van der Waals surface area contributed by atoms with E-state index < -0.39 is 11.2 Å². The Kier molecular flexibility index (Phi) is 23.8. The highest BCUT2D eigenvalue weighted by Crippen LogP contribution is 2.17. The van der Waals surface area contributed by atoms with Gasteiger partial charge in [-0.3, -0.25) is 77.5 Å². The summed E-state index contributed by atoms with van der Waals surface area (Å²) in [6.07, 6.45) is 20.3. The average Bonchev–Trinajstić information content (AvgIpc) is 1.58. The lowest BCUT2D eigenvalue weighted by Gasteiger charge is -2.21. The van der Waals surface area contributed by atoms with Crippen molar-refractivity contribution in [2.75, 3.05) is 58.3 Å². The van der Waals surface area contributed by atoms with Crippen LogP contribution in [0.5, 0.6) is 5.88 Å². The Labute approximate surface area is 609 Å². The number of nitrogens with zero attached hydrogens (tertiary/aromatic N) is 17. The molecule has 20 heterocycles. The first-order valence-electron chi connectivity index (χ1n) is 32.6. The SMILES string of the molecule is CN1CCNC(=O)c2[nH]cnc21.CN1Cc2[nH]cnc2C(=O)N1.Cc1nc2nc[nH]c2c(=O)[nH]1.Cn1[nH]c(=O)c2nc[nH]c2c1=O.Cn1c(=O)[nH]c(=O)c2[nH]cnc21.O=C1NCCCc2[nH]cnc21.O=C1NCCOc2nc[nH]c21.O=C1NCCc2[nH]cnc21.O=c1[nH]cnc2nc[nH]c12.O=c1[nH]ncc2[nH]cnc12. The highest BCUT2D eigenvalue weighted by molar-refractivity contribution is 5.98. The summed E-state index contributed by atoms with van der Waals surface area (Å²) in [7, 11) is 6.74. The van der Waals surface area contributed by atoms with Gasteiger partial charge in [-0.2, -0.15) is 5.10 Å². The van der Waals surface area contributed by atoms with E-state index in [1.165, 1.54) is 74.8 Å². The molecular weight excluding hydrogens is 1450 g/mol. The number of hydrogen-bond acceptors (Lipinski definition) is 28. The maximum atomic E-state index is 11.3. The number of rotatable bonds is 0. The van der Waals surface area contributed by atoms with Gasteiger partial charge in [0.15, 0.2) is 56.2 Å². The summed E-state index contributed by atoms with van der Waals surface area (Å²) in [5.74, 6) is 1.19. The summed E-state index contributed by atoms with van der Waals surface area (Å²) >= 11 is 0. The number of aryl methyl sites for hydroxylation is 4. The van der Waals surface area contributed by atoms with Gasteiger partial charge in [0.25, 0.3) is 62.9 Å². The fourth-order valence-electron chi connectivity index (χ4n) is 10.3. The predicted molar refractivity (Wildman–Crippen MR) is 384 cm³/mol. The van der Waals surface area contributed by atoms with Crippen LogP contribution in [-0.2, 0) is 33.5 Å². The highest BCUT2D eigenvalue weighted by Gasteiger charge is 2.24. The van der Waals surface area contributed by atoms with Gasteiger partial charge in [-0.15, -0.1) is 0 Å². The minimum atomic E-state index is -0.459. The lowest BCUT2D eigenvalue weighted by atomic mass is 10.2. The van der Waals surface area contributed by atoms with Gasteiger partial charge in [0.05, 0.1) is 100 Å². The molecule has 5 amide bonds. The summed E-state index contributed by atoms with van der Waals surface area (Å²) in [5, 5.41) is 20.8. The van der Waals surface area contributed by atoms with E-state index in [0.29, 0.717) is 117 Å². The molecule has 0 bridgehead atoms. The quantitative estimate of drug-likeness (QED) is 0.0681. The molecule has 5 aliphatic rings. The molecular formula is C60H67N37O13. The van der Waals surface area contributed by atoms with Crippen LogP contribution in [0.1, 0.15) is 81.8 Å². The monoisotopic (exact) mass is 1510 g/mol. The van der Waals surface area contributed by atoms with Crippen LogP contribution in [0, 0.1) is 6.92 Å². The third kappa shape index (κ3) is 18.1. The maximum absolute atomic E-state index is 11.3. The lowest BCUT2D eigenvalue weighted by Crippen LogP contribution is -2.43. The van der Waals surface area contributed by atoms with Crippen LogP contribution in [0.2, 0.25) is 0 Å². The van der Waals surface area contributed by atoms with Crippen LogP contribution in [-0.4, -0.2) is 237 Å². The minimum Gasteiger partial charge on any atom is -0.474 e. The zero-order valence-electron chi connectivity index (χ0n) is 58.4. The lowest BCUT2D eigenvalue weighted by molar-refractivity contribution is 0.0777. The largest absolute Gasteiger partial charge is 0.474 e. The molecule has 0 saturated carbocycles. The Bertz CT molecular complexity index is 6020. The molecule has 0 radical (unpaired) electrons. The molecule has 570 valence electrons. The van der Waals surface area contributed by atoms with E-state index in [1.54, 1.807) is 31.6 Å². The van der Waals surface area contributed by atoms with E-state index >= 15 is 0 Å². The van der Waals surface area contributed by atoms with Crippen molar-refractivity contribution in [3.63, 3.8) is 0 Å². The molecule has 0 aliphatic carbocycles. The van der Waals surface area contributed by atoms with Crippen molar-refractivity contribution in [1.29, 1.82) is 0 Å². The number of imidazole rings is 10. The van der Waals surface area contributed by atoms with E-state index in [1.807, 2.05) is 19.0 Å². The molecule has 110 heavy (non-hydrogen) atoms. The third-order valence-corrected chi connectivity index (χ3v) is 15.7. The van der Waals surface area contributed by atoms with Gasteiger partial charge in [-0.1, -0.05) is 0 Å². The number of likely N-dealkylation sites (N-methyl/N-ethyl adjacent to an activating group) is 1. The molecule has 0 spiro atoms. The Morgan fingerprint density at radius 1 is 0.445 bits per heavy atom. The van der Waals surface area contributed by atoms with E-state index in [-0.39, 0.29) is 68.4 Å². The van der Waals surface area contributed by atoms with E-state index in [9.17, 15) is 57.5 Å². The summed E-state index contributed by atoms with van der Waals surface area (Å²) in [5.41, 5.74) is 9.67. The first-order chi connectivity index (χ1) is 53.1. The Morgan fingerprint density at radius 3 is 1.75 bits per heavy atom. The first kappa shape index (κ1) is 75.5. The van der Waals surface area contributed by atoms with Crippen LogP contribution in [0.15, 0.2) is 109 Å². The number of aromatic nitrogens is 30. The molecule has 0 fully saturated rings. The van der Waals surface area contributed by atoms with Crippen LogP contribution in [0.4, 0.5) is 5.82 Å².